The van der Waals surface area contributed by atoms with Crippen molar-refractivity contribution < 1.29 is 9.53 Å². The lowest BCUT2D eigenvalue weighted by molar-refractivity contribution is -0.116. The summed E-state index contributed by atoms with van der Waals surface area (Å²) in [6.45, 7) is 7.86. The average Bonchev–Trinajstić information content (AvgIpc) is 2.80. The van der Waals surface area contributed by atoms with Gasteiger partial charge in [0.05, 0.1) is 23.9 Å². The second-order valence-corrected chi connectivity index (χ2v) is 8.13. The van der Waals surface area contributed by atoms with Crippen molar-refractivity contribution in [2.45, 2.75) is 6.42 Å². The monoisotopic (exact) mass is 428 g/mol. The third kappa shape index (κ3) is 5.45. The van der Waals surface area contributed by atoms with Crippen LogP contribution in [0.3, 0.4) is 0 Å². The number of nitrogens with zero attached hydrogens (tertiary/aromatic N) is 3. The number of nitrogens with one attached hydrogen (secondary N) is 1. The van der Waals surface area contributed by atoms with Gasteiger partial charge in [0.2, 0.25) is 5.91 Å². The minimum atomic E-state index is 0.0580. The molecule has 2 aliphatic rings. The molecule has 0 aromatic heterocycles. The van der Waals surface area contributed by atoms with Gasteiger partial charge in [-0.25, -0.2) is 0 Å². The Balaban J connectivity index is 1.19. The highest BCUT2D eigenvalue weighted by Gasteiger charge is 2.19. The molecule has 2 aliphatic heterocycles. The zero-order chi connectivity index (χ0) is 20.8. The molecule has 30 heavy (non-hydrogen) atoms. The Morgan fingerprint density at radius 3 is 2.30 bits per heavy atom. The predicted octanol–water partition coefficient (Wildman–Crippen LogP) is 3.33. The van der Waals surface area contributed by atoms with Gasteiger partial charge in [0, 0.05) is 63.6 Å². The molecule has 0 atom stereocenters. The minimum Gasteiger partial charge on any atom is -0.378 e. The summed E-state index contributed by atoms with van der Waals surface area (Å²) >= 11 is 6.31. The number of piperazine rings is 1. The number of anilines is 3. The summed E-state index contributed by atoms with van der Waals surface area (Å²) in [5.74, 6) is 0.0580. The van der Waals surface area contributed by atoms with Crippen LogP contribution in [0.15, 0.2) is 48.5 Å². The Bertz CT molecular complexity index is 831. The molecule has 160 valence electrons. The molecule has 2 aromatic rings. The Morgan fingerprint density at radius 2 is 1.60 bits per heavy atom. The highest BCUT2D eigenvalue weighted by Crippen LogP contribution is 2.26. The van der Waals surface area contributed by atoms with Crippen molar-refractivity contribution in [2.75, 3.05) is 74.1 Å². The minimum absolute atomic E-state index is 0.0580. The van der Waals surface area contributed by atoms with E-state index in [1.165, 1.54) is 5.69 Å². The molecular weight excluding hydrogens is 400 g/mol. The van der Waals surface area contributed by atoms with Crippen molar-refractivity contribution in [3.8, 4) is 0 Å². The number of rotatable bonds is 6. The highest BCUT2D eigenvalue weighted by atomic mass is 35.5. The van der Waals surface area contributed by atoms with E-state index in [0.29, 0.717) is 6.42 Å². The first-order chi connectivity index (χ1) is 14.7. The number of carbonyl (C=O) groups excluding carboxylic acids is 1. The summed E-state index contributed by atoms with van der Waals surface area (Å²) in [6.07, 6.45) is 0.497. The van der Waals surface area contributed by atoms with Crippen molar-refractivity contribution in [1.82, 2.24) is 4.90 Å². The molecule has 2 aromatic carbocycles. The van der Waals surface area contributed by atoms with E-state index in [1.807, 2.05) is 30.3 Å². The van der Waals surface area contributed by atoms with E-state index in [2.05, 4.69) is 38.2 Å². The van der Waals surface area contributed by atoms with Crippen LogP contribution in [0.2, 0.25) is 5.02 Å². The van der Waals surface area contributed by atoms with Crippen LogP contribution in [0.25, 0.3) is 0 Å². The van der Waals surface area contributed by atoms with Gasteiger partial charge >= 0.3 is 0 Å². The van der Waals surface area contributed by atoms with Gasteiger partial charge in [-0.3, -0.25) is 9.69 Å². The number of morpholine rings is 1. The molecule has 4 rings (SSSR count). The second-order valence-electron chi connectivity index (χ2n) is 7.72. The van der Waals surface area contributed by atoms with Crippen molar-refractivity contribution in [2.24, 2.45) is 0 Å². The maximum Gasteiger partial charge on any atom is 0.225 e. The average molecular weight is 429 g/mol. The van der Waals surface area contributed by atoms with Gasteiger partial charge in [-0.15, -0.1) is 0 Å². The van der Waals surface area contributed by atoms with Gasteiger partial charge < -0.3 is 19.9 Å². The molecule has 6 nitrogen and oxygen atoms in total. The number of benzene rings is 2. The fourth-order valence-corrected chi connectivity index (χ4v) is 4.24. The van der Waals surface area contributed by atoms with Crippen molar-refractivity contribution in [1.29, 1.82) is 0 Å². The van der Waals surface area contributed by atoms with Crippen LogP contribution in [-0.2, 0) is 9.53 Å². The van der Waals surface area contributed by atoms with E-state index < -0.39 is 0 Å². The summed E-state index contributed by atoms with van der Waals surface area (Å²) in [6, 6.07) is 16.1. The van der Waals surface area contributed by atoms with Crippen LogP contribution in [0.5, 0.6) is 0 Å². The molecule has 2 fully saturated rings. The number of amides is 1. The van der Waals surface area contributed by atoms with Gasteiger partial charge in [-0.2, -0.15) is 0 Å². The maximum atomic E-state index is 12.4. The topological polar surface area (TPSA) is 48.1 Å². The van der Waals surface area contributed by atoms with Crippen molar-refractivity contribution in [3.63, 3.8) is 0 Å². The van der Waals surface area contributed by atoms with E-state index in [-0.39, 0.29) is 5.91 Å². The summed E-state index contributed by atoms with van der Waals surface area (Å²) in [7, 11) is 0. The molecule has 2 saturated heterocycles. The third-order valence-electron chi connectivity index (χ3n) is 5.75. The number of hydrogen-bond donors (Lipinski definition) is 1. The lowest BCUT2D eigenvalue weighted by Gasteiger charge is -2.36. The van der Waals surface area contributed by atoms with E-state index in [1.54, 1.807) is 0 Å². The van der Waals surface area contributed by atoms with Crippen molar-refractivity contribution in [3.05, 3.63) is 53.6 Å². The molecule has 0 radical (unpaired) electrons. The molecule has 0 unspecified atom stereocenters. The zero-order valence-corrected chi connectivity index (χ0v) is 18.0. The van der Waals surface area contributed by atoms with Gasteiger partial charge in [0.25, 0.3) is 0 Å². The molecule has 0 spiro atoms. The van der Waals surface area contributed by atoms with Crippen LogP contribution >= 0.6 is 11.6 Å². The Kier molecular flexibility index (Phi) is 7.10. The molecule has 0 aliphatic carbocycles. The highest BCUT2D eigenvalue weighted by molar-refractivity contribution is 6.33. The SMILES string of the molecule is O=C(CCN1CCN(c2ccccc2Cl)CC1)Nc1ccc(N2CCOCC2)cc1. The first kappa shape index (κ1) is 21.0. The van der Waals surface area contributed by atoms with Crippen LogP contribution in [0.1, 0.15) is 6.42 Å². The van der Waals surface area contributed by atoms with E-state index in [0.717, 1.165) is 75.4 Å². The Labute approximate surface area is 183 Å². The van der Waals surface area contributed by atoms with E-state index >= 15 is 0 Å². The Morgan fingerprint density at radius 1 is 0.900 bits per heavy atom. The molecular formula is C23H29ClN4O2. The van der Waals surface area contributed by atoms with E-state index in [4.69, 9.17) is 16.3 Å². The summed E-state index contributed by atoms with van der Waals surface area (Å²) in [5, 5.41) is 3.81. The number of hydrogen-bond acceptors (Lipinski definition) is 5. The lowest BCUT2D eigenvalue weighted by Crippen LogP contribution is -2.47. The van der Waals surface area contributed by atoms with Crippen LogP contribution in [0, 0.1) is 0 Å². The smallest absolute Gasteiger partial charge is 0.225 e. The number of halogens is 1. The number of para-hydroxylation sites is 1. The largest absolute Gasteiger partial charge is 0.378 e. The van der Waals surface area contributed by atoms with Gasteiger partial charge in [0.1, 0.15) is 0 Å². The van der Waals surface area contributed by atoms with Crippen LogP contribution in [-0.4, -0.2) is 69.8 Å². The molecule has 2 heterocycles. The fourth-order valence-electron chi connectivity index (χ4n) is 3.98. The molecule has 0 bridgehead atoms. The molecule has 1 N–H and O–H groups in total. The van der Waals surface area contributed by atoms with Crippen molar-refractivity contribution >= 4 is 34.6 Å². The quantitative estimate of drug-likeness (QED) is 0.764. The van der Waals surface area contributed by atoms with Gasteiger partial charge in [-0.05, 0) is 36.4 Å². The summed E-state index contributed by atoms with van der Waals surface area (Å²) < 4.78 is 5.40. The lowest BCUT2D eigenvalue weighted by atomic mass is 10.2. The van der Waals surface area contributed by atoms with Gasteiger partial charge in [-0.1, -0.05) is 23.7 Å². The predicted molar refractivity (Wildman–Crippen MR) is 123 cm³/mol. The third-order valence-corrected chi connectivity index (χ3v) is 6.07. The Hall–Kier alpha value is -2.28. The fraction of sp³-hybridized carbons (Fsp3) is 0.435. The standard InChI is InChI=1S/C23H29ClN4O2/c24-21-3-1-2-4-22(21)28-13-11-26(12-14-28)10-9-23(29)25-19-5-7-20(8-6-19)27-15-17-30-18-16-27/h1-8H,9-18H2,(H,25,29). The maximum absolute atomic E-state index is 12.4. The second kappa shape index (κ2) is 10.2. The summed E-state index contributed by atoms with van der Waals surface area (Å²) in [5.41, 5.74) is 3.12. The number of carbonyl (C=O) groups is 1. The first-order valence-electron chi connectivity index (χ1n) is 10.6. The number of ether oxygens (including phenoxy) is 1. The van der Waals surface area contributed by atoms with E-state index in [9.17, 15) is 4.79 Å². The zero-order valence-electron chi connectivity index (χ0n) is 17.2. The summed E-state index contributed by atoms with van der Waals surface area (Å²) in [4.78, 5) is 19.3. The van der Waals surface area contributed by atoms with Crippen LogP contribution in [0.4, 0.5) is 17.1 Å². The molecule has 7 heteroatoms. The molecule has 1 amide bonds. The van der Waals surface area contributed by atoms with Crippen LogP contribution < -0.4 is 15.1 Å². The molecule has 0 saturated carbocycles. The van der Waals surface area contributed by atoms with Gasteiger partial charge in [0.15, 0.2) is 0 Å². The normalized spacial score (nSPS) is 17.8. The first-order valence-corrected chi connectivity index (χ1v) is 11.0.